The van der Waals surface area contributed by atoms with Crippen LogP contribution in [0.1, 0.15) is 0 Å². The summed E-state index contributed by atoms with van der Waals surface area (Å²) in [5.41, 5.74) is 1.70. The maximum atomic E-state index is 13.0. The van der Waals surface area contributed by atoms with Gasteiger partial charge in [-0.25, -0.2) is 9.37 Å². The van der Waals surface area contributed by atoms with Gasteiger partial charge in [0.2, 0.25) is 5.82 Å². The predicted octanol–water partition coefficient (Wildman–Crippen LogP) is 0.442. The zero-order valence-corrected chi connectivity index (χ0v) is 11.6. The van der Waals surface area contributed by atoms with Crippen LogP contribution in [0.25, 0.3) is 21.3 Å². The third-order valence-corrected chi connectivity index (χ3v) is 3.90. The van der Waals surface area contributed by atoms with Crippen LogP contribution in [0, 0.1) is 5.82 Å². The zero-order chi connectivity index (χ0) is 14.8. The van der Waals surface area contributed by atoms with Crippen molar-refractivity contribution in [2.75, 3.05) is 6.54 Å². The number of carbonyl (C=O) groups excluding carboxylic acids is 1. The monoisotopic (exact) mass is 303 g/mol. The van der Waals surface area contributed by atoms with Crippen molar-refractivity contribution < 1.29 is 19.6 Å². The van der Waals surface area contributed by atoms with E-state index >= 15 is 0 Å². The lowest BCUT2D eigenvalue weighted by molar-refractivity contribution is -0.571. The van der Waals surface area contributed by atoms with Gasteiger partial charge in [0.1, 0.15) is 28.9 Å². The number of fused-ring (bicyclic) bond motifs is 1. The van der Waals surface area contributed by atoms with E-state index in [-0.39, 0.29) is 12.4 Å². The number of aromatic nitrogens is 2. The van der Waals surface area contributed by atoms with Gasteiger partial charge >= 0.3 is 0 Å². The quantitative estimate of drug-likeness (QED) is 0.758. The van der Waals surface area contributed by atoms with E-state index in [1.807, 2.05) is 5.38 Å². The van der Waals surface area contributed by atoms with Crippen LogP contribution >= 0.6 is 11.3 Å². The molecule has 0 saturated heterocycles. The van der Waals surface area contributed by atoms with Crippen LogP contribution in [0.4, 0.5) is 10.2 Å². The van der Waals surface area contributed by atoms with Crippen molar-refractivity contribution in [3.63, 3.8) is 0 Å². The fraction of sp³-hybridized carbons (Fsp3) is 0.0714. The summed E-state index contributed by atoms with van der Waals surface area (Å²) in [6.45, 7) is -0.217. The first-order chi connectivity index (χ1) is 10.1. The highest BCUT2D eigenvalue weighted by Gasteiger charge is 2.15. The highest BCUT2D eigenvalue weighted by Crippen LogP contribution is 2.34. The Labute approximate surface area is 123 Å². The van der Waals surface area contributed by atoms with E-state index in [0.717, 1.165) is 21.3 Å². The molecule has 0 fully saturated rings. The second kappa shape index (κ2) is 5.55. The van der Waals surface area contributed by atoms with E-state index < -0.39 is 5.97 Å². The first kappa shape index (κ1) is 13.6. The summed E-state index contributed by atoms with van der Waals surface area (Å²) in [5, 5.41) is 14.8. The summed E-state index contributed by atoms with van der Waals surface area (Å²) in [4.78, 5) is 19.7. The van der Waals surface area contributed by atoms with Gasteiger partial charge in [0.25, 0.3) is 0 Å². The van der Waals surface area contributed by atoms with Crippen molar-refractivity contribution in [3.05, 3.63) is 41.8 Å². The molecule has 21 heavy (non-hydrogen) atoms. The summed E-state index contributed by atoms with van der Waals surface area (Å²) in [7, 11) is 0. The van der Waals surface area contributed by atoms with Crippen molar-refractivity contribution in [3.8, 4) is 11.1 Å². The molecule has 106 valence electrons. The number of thiophene rings is 1. The lowest BCUT2D eigenvalue weighted by Crippen LogP contribution is -2.81. The largest absolute Gasteiger partial charge is 0.544 e. The number of carbonyl (C=O) groups is 1. The van der Waals surface area contributed by atoms with Crippen LogP contribution in [-0.4, -0.2) is 22.5 Å². The third-order valence-electron chi connectivity index (χ3n) is 3.02. The number of carboxylic acids is 1. The van der Waals surface area contributed by atoms with Crippen molar-refractivity contribution >= 4 is 33.3 Å². The van der Waals surface area contributed by atoms with Gasteiger partial charge in [-0.1, -0.05) is 12.1 Å². The Bertz CT molecular complexity index is 802. The number of quaternary nitrogens is 1. The van der Waals surface area contributed by atoms with Crippen LogP contribution in [0.5, 0.6) is 0 Å². The number of carboxylic acid groups (broad SMARTS) is 1. The molecule has 0 aliphatic heterocycles. The zero-order valence-electron chi connectivity index (χ0n) is 10.7. The molecule has 0 saturated carbocycles. The molecule has 2 heterocycles. The van der Waals surface area contributed by atoms with E-state index in [1.165, 1.54) is 35.1 Å². The molecule has 0 spiro atoms. The van der Waals surface area contributed by atoms with Crippen molar-refractivity contribution in [2.24, 2.45) is 0 Å². The summed E-state index contributed by atoms with van der Waals surface area (Å²) in [5.74, 6) is -0.927. The maximum absolute atomic E-state index is 13.0. The second-order valence-electron chi connectivity index (χ2n) is 4.38. The number of nitrogens with zero attached hydrogens (tertiary/aromatic N) is 2. The minimum atomic E-state index is -1.17. The minimum Gasteiger partial charge on any atom is -0.544 e. The van der Waals surface area contributed by atoms with Crippen molar-refractivity contribution in [2.45, 2.75) is 0 Å². The minimum absolute atomic E-state index is 0.217. The van der Waals surface area contributed by atoms with Gasteiger partial charge in [-0.05, 0) is 17.7 Å². The van der Waals surface area contributed by atoms with E-state index in [1.54, 1.807) is 12.1 Å². The lowest BCUT2D eigenvalue weighted by Gasteiger charge is -2.04. The molecule has 0 amide bonds. The average molecular weight is 303 g/mol. The number of hydrogen-bond donors (Lipinski definition) is 1. The molecule has 2 aromatic heterocycles. The van der Waals surface area contributed by atoms with Gasteiger partial charge < -0.3 is 9.90 Å². The first-order valence-electron chi connectivity index (χ1n) is 6.16. The standard InChI is InChI=1S/C14H10FN3O2S/c15-9-3-1-8(2-4-9)10-6-21-14-12(10)13(17-7-18-14)16-5-11(19)20/h1-4,6-7H,5H2,(H,19,20)(H,16,17,18). The lowest BCUT2D eigenvalue weighted by atomic mass is 10.1. The summed E-state index contributed by atoms with van der Waals surface area (Å²) in [6.07, 6.45) is 1.40. The van der Waals surface area contributed by atoms with Gasteiger partial charge in [0.15, 0.2) is 0 Å². The van der Waals surface area contributed by atoms with Crippen LogP contribution in [0.3, 0.4) is 0 Å². The first-order valence-corrected chi connectivity index (χ1v) is 7.04. The molecule has 0 bridgehead atoms. The van der Waals surface area contributed by atoms with E-state index in [0.29, 0.717) is 5.82 Å². The third kappa shape index (κ3) is 2.74. The number of aliphatic carboxylic acids is 1. The Morgan fingerprint density at radius 3 is 2.76 bits per heavy atom. The Balaban J connectivity index is 2.10. The average Bonchev–Trinajstić information content (AvgIpc) is 2.90. The van der Waals surface area contributed by atoms with Crippen LogP contribution in [-0.2, 0) is 4.79 Å². The molecule has 3 rings (SSSR count). The maximum Gasteiger partial charge on any atom is 0.237 e. The molecule has 1 aromatic carbocycles. The fourth-order valence-electron chi connectivity index (χ4n) is 2.07. The molecule has 0 unspecified atom stereocenters. The number of hydrogen-bond acceptors (Lipinski definition) is 5. The van der Waals surface area contributed by atoms with Gasteiger partial charge in [-0.15, -0.1) is 11.3 Å². The molecule has 0 aliphatic rings. The van der Waals surface area contributed by atoms with E-state index in [2.05, 4.69) is 9.97 Å². The molecular weight excluding hydrogens is 293 g/mol. The highest BCUT2D eigenvalue weighted by molar-refractivity contribution is 7.17. The van der Waals surface area contributed by atoms with Crippen molar-refractivity contribution in [1.29, 1.82) is 0 Å². The smallest absolute Gasteiger partial charge is 0.237 e. The summed E-state index contributed by atoms with van der Waals surface area (Å²) in [6, 6.07) is 6.11. The molecule has 2 N–H and O–H groups in total. The number of rotatable bonds is 4. The SMILES string of the molecule is O=C([O-])C[NH2+]c1ncnc2scc(-c3ccc(F)cc3)c12. The van der Waals surface area contributed by atoms with Gasteiger partial charge in [0, 0.05) is 10.9 Å². The normalized spacial score (nSPS) is 10.9. The van der Waals surface area contributed by atoms with E-state index in [4.69, 9.17) is 0 Å². The molecule has 0 radical (unpaired) electrons. The molecular formula is C14H10FN3O2S. The molecule has 7 heteroatoms. The number of benzene rings is 1. The summed E-state index contributed by atoms with van der Waals surface area (Å²) < 4.78 is 13.0. The molecule has 0 aliphatic carbocycles. The highest BCUT2D eigenvalue weighted by atomic mass is 32.1. The Morgan fingerprint density at radius 1 is 1.29 bits per heavy atom. The van der Waals surface area contributed by atoms with Crippen LogP contribution in [0.15, 0.2) is 36.0 Å². The Hall–Kier alpha value is -2.38. The molecule has 3 aromatic rings. The van der Waals surface area contributed by atoms with E-state index in [9.17, 15) is 14.3 Å². The van der Waals surface area contributed by atoms with Gasteiger partial charge in [-0.2, -0.15) is 4.98 Å². The van der Waals surface area contributed by atoms with Gasteiger partial charge in [0.05, 0.1) is 5.97 Å². The Kier molecular flexibility index (Phi) is 3.59. The predicted molar refractivity (Wildman–Crippen MR) is 74.3 cm³/mol. The summed E-state index contributed by atoms with van der Waals surface area (Å²) >= 11 is 1.43. The molecule has 0 atom stereocenters. The molecule has 5 nitrogen and oxygen atoms in total. The van der Waals surface area contributed by atoms with Crippen LogP contribution in [0.2, 0.25) is 0 Å². The Morgan fingerprint density at radius 2 is 2.05 bits per heavy atom. The van der Waals surface area contributed by atoms with Crippen molar-refractivity contribution in [1.82, 2.24) is 9.97 Å². The number of halogens is 1. The topological polar surface area (TPSA) is 82.5 Å². The fourth-order valence-corrected chi connectivity index (χ4v) is 3.00. The van der Waals surface area contributed by atoms with Gasteiger partial charge in [-0.3, -0.25) is 5.32 Å². The second-order valence-corrected chi connectivity index (χ2v) is 5.23. The number of nitrogens with two attached hydrogens (primary N) is 1. The van der Waals surface area contributed by atoms with Crippen LogP contribution < -0.4 is 10.4 Å².